The second kappa shape index (κ2) is 9.83. The molecule has 1 aliphatic heterocycles. The van der Waals surface area contributed by atoms with Gasteiger partial charge in [-0.15, -0.1) is 0 Å². The molecule has 0 amide bonds. The molecule has 2 aromatic rings. The smallest absolute Gasteiger partial charge is 0.361 e. The van der Waals surface area contributed by atoms with Crippen molar-refractivity contribution in [1.29, 1.82) is 0 Å². The molecule has 178 valence electrons. The number of nitrogens with zero attached hydrogens (tertiary/aromatic N) is 3. The number of alkyl halides is 3. The van der Waals surface area contributed by atoms with E-state index in [1.165, 1.54) is 5.56 Å². The van der Waals surface area contributed by atoms with Gasteiger partial charge in [-0.2, -0.15) is 18.2 Å². The predicted octanol–water partition coefficient (Wildman–Crippen LogP) is 5.67. The second-order valence-corrected chi connectivity index (χ2v) is 9.54. The summed E-state index contributed by atoms with van der Waals surface area (Å²) in [6.45, 7) is 3.30. The van der Waals surface area contributed by atoms with E-state index >= 15 is 0 Å². The van der Waals surface area contributed by atoms with Gasteiger partial charge in [-0.3, -0.25) is 0 Å². The van der Waals surface area contributed by atoms with E-state index in [9.17, 15) is 13.2 Å². The van der Waals surface area contributed by atoms with Gasteiger partial charge in [-0.05, 0) is 56.8 Å². The Bertz CT molecular complexity index is 960. The molecule has 33 heavy (non-hydrogen) atoms. The summed E-state index contributed by atoms with van der Waals surface area (Å²) in [6.07, 6.45) is 2.74. The van der Waals surface area contributed by atoms with E-state index < -0.39 is 11.9 Å². The van der Waals surface area contributed by atoms with Gasteiger partial charge in [0.2, 0.25) is 5.95 Å². The van der Waals surface area contributed by atoms with Crippen molar-refractivity contribution in [3.63, 3.8) is 0 Å². The van der Waals surface area contributed by atoms with E-state index in [1.807, 2.05) is 30.0 Å². The van der Waals surface area contributed by atoms with Crippen LogP contribution in [-0.2, 0) is 11.6 Å². The lowest BCUT2D eigenvalue weighted by atomic mass is 9.79. The second-order valence-electron chi connectivity index (χ2n) is 9.13. The van der Waals surface area contributed by atoms with Gasteiger partial charge in [0.15, 0.2) is 10.8 Å². The Morgan fingerprint density at radius 1 is 1.12 bits per heavy atom. The molecule has 2 N–H and O–H groups in total. The molecule has 1 aliphatic carbocycles. The first-order valence-electron chi connectivity index (χ1n) is 11.6. The lowest BCUT2D eigenvalue weighted by molar-refractivity contribution is -0.141. The number of nitrogens with one attached hydrogen (secondary N) is 2. The van der Waals surface area contributed by atoms with Gasteiger partial charge in [0.25, 0.3) is 0 Å². The van der Waals surface area contributed by atoms with Gasteiger partial charge in [0.05, 0.1) is 0 Å². The van der Waals surface area contributed by atoms with Gasteiger partial charge in [0.1, 0.15) is 5.82 Å². The molecule has 4 rings (SSSR count). The van der Waals surface area contributed by atoms with Crippen LogP contribution in [0.1, 0.15) is 63.1 Å². The maximum atomic E-state index is 13.6. The fourth-order valence-corrected chi connectivity index (χ4v) is 5.19. The highest BCUT2D eigenvalue weighted by Crippen LogP contribution is 2.40. The molecular formula is C24H30F3N5S. The van der Waals surface area contributed by atoms with Crippen LogP contribution < -0.4 is 15.5 Å². The summed E-state index contributed by atoms with van der Waals surface area (Å²) < 4.78 is 40.7. The Morgan fingerprint density at radius 2 is 1.85 bits per heavy atom. The molecular weight excluding hydrogens is 447 g/mol. The highest BCUT2D eigenvalue weighted by Gasteiger charge is 2.36. The van der Waals surface area contributed by atoms with Crippen molar-refractivity contribution in [2.24, 2.45) is 0 Å². The maximum absolute atomic E-state index is 13.6. The number of thiocarbonyl (C=S) groups is 1. The predicted molar refractivity (Wildman–Crippen MR) is 129 cm³/mol. The molecule has 1 aromatic carbocycles. The van der Waals surface area contributed by atoms with E-state index in [2.05, 4.69) is 32.7 Å². The topological polar surface area (TPSA) is 53.1 Å². The molecule has 0 unspecified atom stereocenters. The molecule has 1 atom stereocenters. The largest absolute Gasteiger partial charge is 0.433 e. The zero-order valence-electron chi connectivity index (χ0n) is 18.8. The fraction of sp³-hybridized carbons (Fsp3) is 0.542. The molecule has 2 aliphatic rings. The number of halogens is 3. The minimum absolute atomic E-state index is 0.0317. The van der Waals surface area contributed by atoms with Crippen LogP contribution in [0.5, 0.6) is 0 Å². The molecule has 5 nitrogen and oxygen atoms in total. The van der Waals surface area contributed by atoms with Crippen LogP contribution in [0.4, 0.5) is 24.9 Å². The Labute approximate surface area is 198 Å². The molecule has 0 bridgehead atoms. The monoisotopic (exact) mass is 477 g/mol. The Balaban J connectivity index is 1.50. The summed E-state index contributed by atoms with van der Waals surface area (Å²) in [5.74, 6) is 0.154. The van der Waals surface area contributed by atoms with Crippen molar-refractivity contribution in [3.8, 4) is 0 Å². The summed E-state index contributed by atoms with van der Waals surface area (Å²) in [7, 11) is 0. The van der Waals surface area contributed by atoms with E-state index in [0.29, 0.717) is 13.1 Å². The number of anilines is 2. The van der Waals surface area contributed by atoms with Crippen LogP contribution in [-0.4, -0.2) is 34.2 Å². The minimum atomic E-state index is -4.57. The highest BCUT2D eigenvalue weighted by molar-refractivity contribution is 7.80. The van der Waals surface area contributed by atoms with Gasteiger partial charge in [-0.25, -0.2) is 4.98 Å². The molecule has 1 saturated heterocycles. The van der Waals surface area contributed by atoms with Crippen molar-refractivity contribution in [2.45, 2.75) is 69.5 Å². The Hall–Kier alpha value is -2.42. The number of rotatable bonds is 5. The molecule has 9 heteroatoms. The van der Waals surface area contributed by atoms with Crippen molar-refractivity contribution in [2.75, 3.05) is 23.3 Å². The number of aromatic nitrogens is 2. The van der Waals surface area contributed by atoms with Crippen LogP contribution in [0.25, 0.3) is 0 Å². The molecule has 0 spiro atoms. The standard InChI is InChI=1S/C24H30F3N5S/c1-17-9-5-8-14-32(17)20-15-19(24(25,26)27)29-21(30-20)31-22(33)28-16-23(12-6-7-13-23)18-10-3-2-4-11-18/h2-4,10-11,15,17H,5-9,12-14,16H2,1H3,(H2,28,29,30,31,33)/t17-/m1/s1. The molecule has 0 radical (unpaired) electrons. The molecule has 1 saturated carbocycles. The molecule has 1 aromatic heterocycles. The van der Waals surface area contributed by atoms with Crippen molar-refractivity contribution in [3.05, 3.63) is 47.7 Å². The van der Waals surface area contributed by atoms with Crippen molar-refractivity contribution >= 4 is 29.1 Å². The zero-order chi connectivity index (χ0) is 23.5. The Morgan fingerprint density at radius 3 is 2.52 bits per heavy atom. The highest BCUT2D eigenvalue weighted by atomic mass is 32.1. The first kappa shape index (κ1) is 23.7. The van der Waals surface area contributed by atoms with E-state index in [1.54, 1.807) is 0 Å². The summed E-state index contributed by atoms with van der Waals surface area (Å²) >= 11 is 5.43. The van der Waals surface area contributed by atoms with Crippen LogP contribution in [0.3, 0.4) is 0 Å². The average Bonchev–Trinajstić information content (AvgIpc) is 3.28. The van der Waals surface area contributed by atoms with E-state index in [0.717, 1.165) is 51.0 Å². The third kappa shape index (κ3) is 5.57. The van der Waals surface area contributed by atoms with E-state index in [-0.39, 0.29) is 28.3 Å². The van der Waals surface area contributed by atoms with Crippen LogP contribution in [0.2, 0.25) is 0 Å². The SMILES string of the molecule is C[C@@H]1CCCCN1c1cc(C(F)(F)F)nc(NC(=S)NCC2(c3ccccc3)CCCC2)n1. The summed E-state index contributed by atoms with van der Waals surface area (Å²) in [5, 5.41) is 6.27. The van der Waals surface area contributed by atoms with Crippen LogP contribution >= 0.6 is 12.2 Å². The first-order valence-corrected chi connectivity index (χ1v) is 12.0. The zero-order valence-corrected chi connectivity index (χ0v) is 19.6. The average molecular weight is 478 g/mol. The summed E-state index contributed by atoms with van der Waals surface area (Å²) in [4.78, 5) is 10.0. The number of piperidine rings is 1. The molecule has 2 fully saturated rings. The quantitative estimate of drug-likeness (QED) is 0.541. The van der Waals surface area contributed by atoms with Gasteiger partial charge in [0, 0.05) is 30.6 Å². The van der Waals surface area contributed by atoms with Crippen molar-refractivity contribution in [1.82, 2.24) is 15.3 Å². The number of hydrogen-bond acceptors (Lipinski definition) is 4. The third-order valence-electron chi connectivity index (χ3n) is 6.86. The lowest BCUT2D eigenvalue weighted by Crippen LogP contribution is -2.41. The number of benzene rings is 1. The molecule has 2 heterocycles. The number of hydrogen-bond donors (Lipinski definition) is 2. The van der Waals surface area contributed by atoms with Gasteiger partial charge < -0.3 is 15.5 Å². The minimum Gasteiger partial charge on any atom is -0.361 e. The van der Waals surface area contributed by atoms with Gasteiger partial charge in [-0.1, -0.05) is 43.2 Å². The third-order valence-corrected chi connectivity index (χ3v) is 7.11. The van der Waals surface area contributed by atoms with Crippen LogP contribution in [0.15, 0.2) is 36.4 Å². The Kier molecular flexibility index (Phi) is 7.07. The summed E-state index contributed by atoms with van der Waals surface area (Å²) in [5.41, 5.74) is 0.261. The fourth-order valence-electron chi connectivity index (χ4n) is 5.03. The van der Waals surface area contributed by atoms with Crippen LogP contribution in [0, 0.1) is 0 Å². The van der Waals surface area contributed by atoms with Crippen molar-refractivity contribution < 1.29 is 13.2 Å². The lowest BCUT2D eigenvalue weighted by Gasteiger charge is -2.34. The van der Waals surface area contributed by atoms with E-state index in [4.69, 9.17) is 12.2 Å². The normalized spacial score (nSPS) is 20.5. The summed E-state index contributed by atoms with van der Waals surface area (Å²) in [6, 6.07) is 11.5. The maximum Gasteiger partial charge on any atom is 0.433 e. The first-order chi connectivity index (χ1) is 15.8. The van der Waals surface area contributed by atoms with Gasteiger partial charge >= 0.3 is 6.18 Å².